The van der Waals surface area contributed by atoms with Crippen LogP contribution in [0.1, 0.15) is 22.1 Å². The highest BCUT2D eigenvalue weighted by Gasteiger charge is 2.11. The van der Waals surface area contributed by atoms with Gasteiger partial charge in [0.15, 0.2) is 5.69 Å². The minimum Gasteiger partial charge on any atom is -0.349 e. The van der Waals surface area contributed by atoms with E-state index in [0.29, 0.717) is 6.54 Å². The second-order valence-corrected chi connectivity index (χ2v) is 3.58. The third-order valence-electron chi connectivity index (χ3n) is 2.36. The number of carbonyl (C=O) groups excluding carboxylic acids is 1. The first-order chi connectivity index (χ1) is 8.27. The lowest BCUT2D eigenvalue weighted by atomic mass is 10.1. The fraction of sp³-hybridized carbons (Fsp3) is 0.182. The summed E-state index contributed by atoms with van der Waals surface area (Å²) >= 11 is 0. The second kappa shape index (κ2) is 5.22. The molecule has 88 valence electrons. The number of hydrogen-bond donors (Lipinski definition) is 3. The molecule has 0 aliphatic carbocycles. The number of carbonyl (C=O) groups is 1. The van der Waals surface area contributed by atoms with Gasteiger partial charge in [-0.15, -0.1) is 0 Å². The van der Waals surface area contributed by atoms with Gasteiger partial charge in [0.1, 0.15) is 0 Å². The lowest BCUT2D eigenvalue weighted by Gasteiger charge is -2.12. The number of aromatic amines is 1. The quantitative estimate of drug-likeness (QED) is 0.702. The maximum absolute atomic E-state index is 11.6. The number of nitrogens with one attached hydrogen (secondary N) is 2. The highest BCUT2D eigenvalue weighted by atomic mass is 16.1. The molecule has 1 aromatic heterocycles. The number of hydrogen-bond acceptors (Lipinski definition) is 4. The van der Waals surface area contributed by atoms with Gasteiger partial charge in [0.2, 0.25) is 0 Å². The van der Waals surface area contributed by atoms with Gasteiger partial charge in [0.05, 0.1) is 6.20 Å². The third kappa shape index (κ3) is 2.88. The van der Waals surface area contributed by atoms with Crippen LogP contribution in [0, 0.1) is 0 Å². The molecule has 1 aromatic carbocycles. The fourth-order valence-corrected chi connectivity index (χ4v) is 1.42. The molecular weight excluding hydrogens is 218 g/mol. The van der Waals surface area contributed by atoms with Crippen LogP contribution in [0.3, 0.4) is 0 Å². The van der Waals surface area contributed by atoms with E-state index in [2.05, 4.69) is 20.7 Å². The summed E-state index contributed by atoms with van der Waals surface area (Å²) in [5.74, 6) is -0.287. The Morgan fingerprint density at radius 2 is 2.18 bits per heavy atom. The van der Waals surface area contributed by atoms with Crippen LogP contribution in [0.5, 0.6) is 0 Å². The van der Waals surface area contributed by atoms with Gasteiger partial charge >= 0.3 is 0 Å². The summed E-state index contributed by atoms with van der Waals surface area (Å²) in [6, 6.07) is 9.36. The fourth-order valence-electron chi connectivity index (χ4n) is 1.42. The van der Waals surface area contributed by atoms with Crippen molar-refractivity contribution < 1.29 is 4.79 Å². The van der Waals surface area contributed by atoms with Gasteiger partial charge in [-0.3, -0.25) is 4.79 Å². The first-order valence-electron chi connectivity index (χ1n) is 5.22. The Morgan fingerprint density at radius 1 is 1.41 bits per heavy atom. The molecule has 1 amide bonds. The van der Waals surface area contributed by atoms with E-state index in [1.165, 1.54) is 6.20 Å². The SMILES string of the molecule is NC(CNC(=O)c1cn[nH]n1)c1ccccc1. The minimum atomic E-state index is -0.287. The van der Waals surface area contributed by atoms with Crippen LogP contribution < -0.4 is 11.1 Å². The van der Waals surface area contributed by atoms with Crippen LogP contribution in [-0.4, -0.2) is 27.9 Å². The normalized spacial score (nSPS) is 12.1. The largest absolute Gasteiger partial charge is 0.349 e. The molecule has 1 heterocycles. The van der Waals surface area contributed by atoms with Gasteiger partial charge in [-0.25, -0.2) is 0 Å². The zero-order valence-corrected chi connectivity index (χ0v) is 9.13. The number of rotatable bonds is 4. The lowest BCUT2D eigenvalue weighted by molar-refractivity contribution is 0.0946. The summed E-state index contributed by atoms with van der Waals surface area (Å²) in [4.78, 5) is 11.6. The first kappa shape index (κ1) is 11.3. The van der Waals surface area contributed by atoms with E-state index in [-0.39, 0.29) is 17.6 Å². The van der Waals surface area contributed by atoms with Crippen molar-refractivity contribution in [1.29, 1.82) is 0 Å². The van der Waals surface area contributed by atoms with Gasteiger partial charge < -0.3 is 11.1 Å². The Hall–Kier alpha value is -2.21. The van der Waals surface area contributed by atoms with Crippen molar-refractivity contribution in [2.24, 2.45) is 5.73 Å². The van der Waals surface area contributed by atoms with E-state index >= 15 is 0 Å². The molecule has 0 saturated carbocycles. The monoisotopic (exact) mass is 231 g/mol. The van der Waals surface area contributed by atoms with Crippen LogP contribution >= 0.6 is 0 Å². The standard InChI is InChI=1S/C11H13N5O/c12-9(8-4-2-1-3-5-8)6-13-11(17)10-7-14-16-15-10/h1-5,7,9H,6,12H2,(H,13,17)(H,14,15,16). The van der Waals surface area contributed by atoms with Crippen molar-refractivity contribution >= 4 is 5.91 Å². The number of nitrogens with zero attached hydrogens (tertiary/aromatic N) is 2. The van der Waals surface area contributed by atoms with E-state index in [9.17, 15) is 4.79 Å². The topological polar surface area (TPSA) is 96.7 Å². The maximum atomic E-state index is 11.6. The molecule has 2 rings (SSSR count). The Labute approximate surface area is 98.2 Å². The molecule has 0 aliphatic rings. The first-order valence-corrected chi connectivity index (χ1v) is 5.22. The van der Waals surface area contributed by atoms with Gasteiger partial charge in [0.25, 0.3) is 5.91 Å². The highest BCUT2D eigenvalue weighted by molar-refractivity contribution is 5.91. The molecule has 6 nitrogen and oxygen atoms in total. The Kier molecular flexibility index (Phi) is 3.46. The molecule has 0 radical (unpaired) electrons. The second-order valence-electron chi connectivity index (χ2n) is 3.58. The summed E-state index contributed by atoms with van der Waals surface area (Å²) in [6.07, 6.45) is 1.36. The van der Waals surface area contributed by atoms with Gasteiger partial charge in [0, 0.05) is 12.6 Å². The van der Waals surface area contributed by atoms with Crippen molar-refractivity contribution in [3.8, 4) is 0 Å². The van der Waals surface area contributed by atoms with Crippen molar-refractivity contribution in [2.75, 3.05) is 6.54 Å². The number of amides is 1. The molecule has 0 aliphatic heterocycles. The van der Waals surface area contributed by atoms with Gasteiger partial charge in [-0.05, 0) is 5.56 Å². The minimum absolute atomic E-state index is 0.230. The van der Waals surface area contributed by atoms with E-state index in [1.54, 1.807) is 0 Å². The molecule has 1 atom stereocenters. The van der Waals surface area contributed by atoms with Crippen LogP contribution in [0.4, 0.5) is 0 Å². The van der Waals surface area contributed by atoms with Crippen molar-refractivity contribution in [2.45, 2.75) is 6.04 Å². The zero-order valence-electron chi connectivity index (χ0n) is 9.13. The molecule has 6 heteroatoms. The van der Waals surface area contributed by atoms with Crippen molar-refractivity contribution in [3.05, 3.63) is 47.8 Å². The Balaban J connectivity index is 1.89. The lowest BCUT2D eigenvalue weighted by Crippen LogP contribution is -2.32. The van der Waals surface area contributed by atoms with E-state index in [1.807, 2.05) is 30.3 Å². The van der Waals surface area contributed by atoms with Gasteiger partial charge in [-0.2, -0.15) is 15.4 Å². The molecule has 0 spiro atoms. The molecular formula is C11H13N5O. The zero-order chi connectivity index (χ0) is 12.1. The summed E-state index contributed by atoms with van der Waals surface area (Å²) in [7, 11) is 0. The average molecular weight is 231 g/mol. The van der Waals surface area contributed by atoms with Crippen LogP contribution in [-0.2, 0) is 0 Å². The smallest absolute Gasteiger partial charge is 0.273 e. The van der Waals surface area contributed by atoms with E-state index in [0.717, 1.165) is 5.56 Å². The van der Waals surface area contributed by atoms with Crippen LogP contribution in [0.25, 0.3) is 0 Å². The molecule has 0 bridgehead atoms. The Morgan fingerprint density at radius 3 is 2.82 bits per heavy atom. The predicted octanol–water partition coefficient (Wildman–Crippen LogP) is 0.234. The van der Waals surface area contributed by atoms with E-state index < -0.39 is 0 Å². The molecule has 17 heavy (non-hydrogen) atoms. The van der Waals surface area contributed by atoms with Crippen molar-refractivity contribution in [3.63, 3.8) is 0 Å². The molecule has 0 fully saturated rings. The number of benzene rings is 1. The summed E-state index contributed by atoms with van der Waals surface area (Å²) in [5, 5.41) is 12.3. The molecule has 2 aromatic rings. The number of nitrogens with two attached hydrogens (primary N) is 1. The number of aromatic nitrogens is 3. The molecule has 4 N–H and O–H groups in total. The van der Waals surface area contributed by atoms with E-state index in [4.69, 9.17) is 5.73 Å². The van der Waals surface area contributed by atoms with Gasteiger partial charge in [-0.1, -0.05) is 30.3 Å². The van der Waals surface area contributed by atoms with Crippen LogP contribution in [0.2, 0.25) is 0 Å². The summed E-state index contributed by atoms with van der Waals surface area (Å²) < 4.78 is 0. The average Bonchev–Trinajstić information content (AvgIpc) is 2.90. The Bertz CT molecular complexity index is 468. The maximum Gasteiger partial charge on any atom is 0.273 e. The highest BCUT2D eigenvalue weighted by Crippen LogP contribution is 2.07. The third-order valence-corrected chi connectivity index (χ3v) is 2.36. The predicted molar refractivity (Wildman–Crippen MR) is 62.1 cm³/mol. The molecule has 0 saturated heterocycles. The number of H-pyrrole nitrogens is 1. The summed E-state index contributed by atoms with van der Waals surface area (Å²) in [5.41, 5.74) is 7.17. The summed E-state index contributed by atoms with van der Waals surface area (Å²) in [6.45, 7) is 0.357. The van der Waals surface area contributed by atoms with Crippen molar-refractivity contribution in [1.82, 2.24) is 20.7 Å². The molecule has 1 unspecified atom stereocenters. The van der Waals surface area contributed by atoms with Crippen LogP contribution in [0.15, 0.2) is 36.5 Å².